The highest BCUT2D eigenvalue weighted by Crippen LogP contribution is 2.20. The number of pyridine rings is 1. The smallest absolute Gasteiger partial charge is 0.363 e. The molecule has 1 aromatic rings. The lowest BCUT2D eigenvalue weighted by atomic mass is 10.1. The van der Waals surface area contributed by atoms with E-state index in [1.165, 1.54) is 19.2 Å². The molecule has 0 unspecified atom stereocenters. The van der Waals surface area contributed by atoms with Crippen LogP contribution in [0.15, 0.2) is 18.3 Å². The first-order valence-electron chi connectivity index (χ1n) is 8.91. The Morgan fingerprint density at radius 1 is 1.08 bits per heavy atom. The quantitative estimate of drug-likeness (QED) is 0.623. The fraction of sp³-hybridized carbons (Fsp3) is 0.706. The van der Waals surface area contributed by atoms with Crippen LogP contribution in [0, 0.1) is 10.1 Å². The summed E-state index contributed by atoms with van der Waals surface area (Å²) in [5.41, 5.74) is 0.973. The molecular weight excluding hydrogens is 306 g/mol. The van der Waals surface area contributed by atoms with Crippen LogP contribution in [0.3, 0.4) is 0 Å². The number of rotatable bonds is 3. The van der Waals surface area contributed by atoms with Gasteiger partial charge in [-0.05, 0) is 23.0 Å². The lowest BCUT2D eigenvalue weighted by molar-refractivity contribution is -0.389. The fourth-order valence-electron chi connectivity index (χ4n) is 2.92. The molecule has 2 fully saturated rings. The van der Waals surface area contributed by atoms with E-state index in [9.17, 15) is 10.1 Å². The molecule has 0 radical (unpaired) electrons. The minimum absolute atomic E-state index is 0.0927. The van der Waals surface area contributed by atoms with Crippen molar-refractivity contribution in [2.24, 2.45) is 0 Å². The maximum atomic E-state index is 10.6. The van der Waals surface area contributed by atoms with Crippen molar-refractivity contribution in [3.05, 3.63) is 28.4 Å². The second-order valence-corrected chi connectivity index (χ2v) is 5.53. The molecular formula is C17H31N5O2. The Morgan fingerprint density at radius 2 is 1.67 bits per heavy atom. The number of nitro groups is 1. The molecule has 2 aliphatic heterocycles. The molecule has 7 heteroatoms. The van der Waals surface area contributed by atoms with E-state index in [-0.39, 0.29) is 5.82 Å². The Labute approximate surface area is 145 Å². The van der Waals surface area contributed by atoms with Crippen molar-refractivity contribution in [1.29, 1.82) is 0 Å². The van der Waals surface area contributed by atoms with Gasteiger partial charge in [0.05, 0.1) is 5.69 Å². The molecule has 0 saturated carbocycles. The summed E-state index contributed by atoms with van der Waals surface area (Å²) in [6.07, 6.45) is 1.60. The zero-order chi connectivity index (χ0) is 18.1. The van der Waals surface area contributed by atoms with Crippen molar-refractivity contribution < 1.29 is 4.92 Å². The van der Waals surface area contributed by atoms with Crippen LogP contribution >= 0.6 is 0 Å². The molecule has 0 amide bonds. The Balaban J connectivity index is 0.000000671. The van der Waals surface area contributed by atoms with Gasteiger partial charge in [-0.25, -0.2) is 0 Å². The van der Waals surface area contributed by atoms with Gasteiger partial charge in [0, 0.05) is 51.4 Å². The van der Waals surface area contributed by atoms with Crippen LogP contribution < -0.4 is 4.90 Å². The largest absolute Gasteiger partial charge is 0.366 e. The van der Waals surface area contributed by atoms with Gasteiger partial charge in [-0.2, -0.15) is 0 Å². The van der Waals surface area contributed by atoms with E-state index in [1.807, 2.05) is 27.7 Å². The van der Waals surface area contributed by atoms with Crippen LogP contribution in [0.25, 0.3) is 0 Å². The second-order valence-electron chi connectivity index (χ2n) is 5.53. The van der Waals surface area contributed by atoms with Crippen LogP contribution in [0.2, 0.25) is 0 Å². The highest BCUT2D eigenvalue weighted by molar-refractivity contribution is 5.46. The van der Waals surface area contributed by atoms with E-state index in [0.717, 1.165) is 31.9 Å². The molecule has 0 atom stereocenters. The van der Waals surface area contributed by atoms with Crippen LogP contribution in [0.4, 0.5) is 11.5 Å². The van der Waals surface area contributed by atoms with E-state index in [1.54, 1.807) is 12.3 Å². The predicted octanol–water partition coefficient (Wildman–Crippen LogP) is 2.48. The lowest BCUT2D eigenvalue weighted by Gasteiger charge is -2.47. The first-order chi connectivity index (χ1) is 11.6. The number of likely N-dealkylation sites (tertiary alicyclic amines) is 1. The maximum Gasteiger partial charge on any atom is 0.363 e. The van der Waals surface area contributed by atoms with Gasteiger partial charge in [-0.15, -0.1) is 0 Å². The third kappa shape index (κ3) is 5.14. The van der Waals surface area contributed by atoms with Crippen molar-refractivity contribution in [2.75, 3.05) is 51.2 Å². The lowest BCUT2D eigenvalue weighted by Crippen LogP contribution is -2.61. The number of hydrogen-bond donors (Lipinski definition) is 0. The third-order valence-electron chi connectivity index (χ3n) is 4.16. The Bertz CT molecular complexity index is 480. The topological polar surface area (TPSA) is 65.8 Å². The third-order valence-corrected chi connectivity index (χ3v) is 4.16. The first kappa shape index (κ1) is 20.3. The van der Waals surface area contributed by atoms with E-state index in [4.69, 9.17) is 0 Å². The molecule has 1 aromatic heterocycles. The van der Waals surface area contributed by atoms with Crippen molar-refractivity contribution in [2.45, 2.75) is 33.7 Å². The summed E-state index contributed by atoms with van der Waals surface area (Å²) >= 11 is 0. The number of piperazine rings is 1. The van der Waals surface area contributed by atoms with Crippen LogP contribution in [0.1, 0.15) is 27.7 Å². The van der Waals surface area contributed by atoms with Crippen molar-refractivity contribution in [3.63, 3.8) is 0 Å². The molecule has 3 heterocycles. The van der Waals surface area contributed by atoms with Crippen molar-refractivity contribution in [1.82, 2.24) is 14.8 Å². The molecule has 3 rings (SSSR count). The minimum Gasteiger partial charge on any atom is -0.366 e. The number of hydrogen-bond acceptors (Lipinski definition) is 6. The van der Waals surface area contributed by atoms with Gasteiger partial charge < -0.3 is 19.9 Å². The van der Waals surface area contributed by atoms with E-state index >= 15 is 0 Å². The number of aromatic nitrogens is 1. The maximum absolute atomic E-state index is 10.6. The van der Waals surface area contributed by atoms with Crippen molar-refractivity contribution in [3.8, 4) is 0 Å². The van der Waals surface area contributed by atoms with Gasteiger partial charge in [-0.1, -0.05) is 27.7 Å². The summed E-state index contributed by atoms with van der Waals surface area (Å²) < 4.78 is 0. The van der Waals surface area contributed by atoms with Gasteiger partial charge in [0.25, 0.3) is 0 Å². The number of nitrogens with zero attached hydrogens (tertiary/aromatic N) is 5. The predicted molar refractivity (Wildman–Crippen MR) is 98.7 cm³/mol. The Hall–Kier alpha value is -1.73. The summed E-state index contributed by atoms with van der Waals surface area (Å²) in [7, 11) is 2.15. The summed E-state index contributed by atoms with van der Waals surface area (Å²) in [4.78, 5) is 21.1. The molecule has 2 aliphatic rings. The molecule has 7 nitrogen and oxygen atoms in total. The van der Waals surface area contributed by atoms with Gasteiger partial charge in [0.2, 0.25) is 0 Å². The van der Waals surface area contributed by atoms with Crippen LogP contribution in [0.5, 0.6) is 0 Å². The summed E-state index contributed by atoms with van der Waals surface area (Å²) in [5, 5.41) is 10.6. The van der Waals surface area contributed by atoms with E-state index in [2.05, 4.69) is 26.7 Å². The zero-order valence-corrected chi connectivity index (χ0v) is 15.6. The molecule has 0 aliphatic carbocycles. The average Bonchev–Trinajstić information content (AvgIpc) is 2.63. The monoisotopic (exact) mass is 337 g/mol. The normalized spacial score (nSPS) is 18.6. The van der Waals surface area contributed by atoms with Crippen molar-refractivity contribution >= 4 is 11.5 Å². The Morgan fingerprint density at radius 3 is 2.08 bits per heavy atom. The summed E-state index contributed by atoms with van der Waals surface area (Å²) in [5.74, 6) is -0.0927. The zero-order valence-electron chi connectivity index (χ0n) is 15.6. The minimum atomic E-state index is -0.463. The second kappa shape index (κ2) is 10.2. The van der Waals surface area contributed by atoms with Gasteiger partial charge >= 0.3 is 5.82 Å². The van der Waals surface area contributed by atoms with Gasteiger partial charge in [0.1, 0.15) is 0 Å². The molecule has 0 N–H and O–H groups in total. The summed E-state index contributed by atoms with van der Waals surface area (Å²) in [6.45, 7) is 14.3. The SMILES string of the molecule is CC.CC.CN1CC(N2CCN(c3ccc([N+](=O)[O-])nc3)CC2)C1. The molecule has 0 bridgehead atoms. The highest BCUT2D eigenvalue weighted by Gasteiger charge is 2.31. The molecule has 24 heavy (non-hydrogen) atoms. The van der Waals surface area contributed by atoms with Gasteiger partial charge in [-0.3, -0.25) is 4.90 Å². The van der Waals surface area contributed by atoms with E-state index in [0.29, 0.717) is 6.04 Å². The Kier molecular flexibility index (Phi) is 8.63. The van der Waals surface area contributed by atoms with Gasteiger partial charge in [0.15, 0.2) is 6.20 Å². The molecule has 2 saturated heterocycles. The van der Waals surface area contributed by atoms with Crippen LogP contribution in [-0.4, -0.2) is 72.1 Å². The molecule has 136 valence electrons. The molecule has 0 spiro atoms. The van der Waals surface area contributed by atoms with Crippen LogP contribution in [-0.2, 0) is 0 Å². The first-order valence-corrected chi connectivity index (χ1v) is 8.91. The number of anilines is 1. The molecule has 0 aromatic carbocycles. The highest BCUT2D eigenvalue weighted by atomic mass is 16.6. The van der Waals surface area contributed by atoms with E-state index < -0.39 is 4.92 Å². The fourth-order valence-corrected chi connectivity index (χ4v) is 2.92. The average molecular weight is 337 g/mol. The number of likely N-dealkylation sites (N-methyl/N-ethyl adjacent to an activating group) is 1. The summed E-state index contributed by atoms with van der Waals surface area (Å²) in [6, 6.07) is 3.97. The standard InChI is InChI=1S/C13H19N5O2.2C2H6/c1-15-9-12(10-15)17-6-4-16(5-7-17)11-2-3-13(14-8-11)18(19)20;2*1-2/h2-3,8,12H,4-7,9-10H2,1H3;2*1-2H3.